The Morgan fingerprint density at radius 3 is 2.24 bits per heavy atom. The summed E-state index contributed by atoms with van der Waals surface area (Å²) in [4.78, 5) is 24.4. The molecule has 0 aromatic heterocycles. The molecule has 5 nitrogen and oxygen atoms in total. The molecule has 0 aliphatic heterocycles. The van der Waals surface area contributed by atoms with E-state index >= 15 is 0 Å². The fourth-order valence-electron chi connectivity index (χ4n) is 1.66. The van der Waals surface area contributed by atoms with Crippen molar-refractivity contribution in [3.8, 4) is 5.75 Å². The number of carbonyl (C=O) groups is 2. The van der Waals surface area contributed by atoms with Crippen molar-refractivity contribution in [3.05, 3.63) is 49.6 Å². The van der Waals surface area contributed by atoms with Crippen molar-refractivity contribution in [2.75, 3.05) is 25.0 Å². The third-order valence-electron chi connectivity index (χ3n) is 2.59. The molecule has 0 fully saturated rings. The van der Waals surface area contributed by atoms with Gasteiger partial charge in [0.1, 0.15) is 5.75 Å². The van der Waals surface area contributed by atoms with Crippen LogP contribution in [0.1, 0.15) is 6.92 Å². The summed E-state index contributed by atoms with van der Waals surface area (Å²) in [6.07, 6.45) is 3.31. The standard InChI is InChI=1S/C16H20N2O3/c1-4-10-18(11-5-2)16(20)12-21-15-8-6-14(7-9-15)17-13(3)19/h4-9H,1-2,10-12H2,3H3,(H,17,19). The highest BCUT2D eigenvalue weighted by Crippen LogP contribution is 2.15. The number of hydrogen-bond donors (Lipinski definition) is 1. The SMILES string of the molecule is C=CCN(CC=C)C(=O)COc1ccc(NC(C)=O)cc1. The summed E-state index contributed by atoms with van der Waals surface area (Å²) in [5.74, 6) is 0.290. The van der Waals surface area contributed by atoms with Crippen LogP contribution >= 0.6 is 0 Å². The van der Waals surface area contributed by atoms with E-state index in [4.69, 9.17) is 4.74 Å². The van der Waals surface area contributed by atoms with Crippen molar-refractivity contribution in [2.45, 2.75) is 6.92 Å². The van der Waals surface area contributed by atoms with Crippen LogP contribution in [-0.2, 0) is 9.59 Å². The minimum Gasteiger partial charge on any atom is -0.484 e. The number of ether oxygens (including phenoxy) is 1. The summed E-state index contributed by atoms with van der Waals surface area (Å²) in [6, 6.07) is 6.83. The van der Waals surface area contributed by atoms with Gasteiger partial charge < -0.3 is 15.0 Å². The molecule has 1 N–H and O–H groups in total. The van der Waals surface area contributed by atoms with E-state index in [2.05, 4.69) is 18.5 Å². The van der Waals surface area contributed by atoms with Crippen LogP contribution in [0.3, 0.4) is 0 Å². The first-order valence-corrected chi connectivity index (χ1v) is 6.57. The lowest BCUT2D eigenvalue weighted by Crippen LogP contribution is -2.35. The quantitative estimate of drug-likeness (QED) is 0.746. The molecule has 1 rings (SSSR count). The minimum atomic E-state index is -0.138. The third-order valence-corrected chi connectivity index (χ3v) is 2.59. The molecule has 0 bridgehead atoms. The predicted molar refractivity (Wildman–Crippen MR) is 83.2 cm³/mol. The molecule has 112 valence electrons. The van der Waals surface area contributed by atoms with Crippen LogP contribution in [0.5, 0.6) is 5.75 Å². The monoisotopic (exact) mass is 288 g/mol. The van der Waals surface area contributed by atoms with E-state index in [-0.39, 0.29) is 18.4 Å². The highest BCUT2D eigenvalue weighted by molar-refractivity contribution is 5.88. The minimum absolute atomic E-state index is 0.0544. The Morgan fingerprint density at radius 1 is 1.19 bits per heavy atom. The number of anilines is 1. The van der Waals surface area contributed by atoms with Gasteiger partial charge in [0, 0.05) is 25.7 Å². The van der Waals surface area contributed by atoms with Gasteiger partial charge in [-0.1, -0.05) is 12.2 Å². The highest BCUT2D eigenvalue weighted by atomic mass is 16.5. The normalized spacial score (nSPS) is 9.57. The van der Waals surface area contributed by atoms with E-state index in [0.29, 0.717) is 24.5 Å². The number of hydrogen-bond acceptors (Lipinski definition) is 3. The summed E-state index contributed by atoms with van der Waals surface area (Å²) < 4.78 is 5.43. The molecule has 0 atom stereocenters. The summed E-state index contributed by atoms with van der Waals surface area (Å²) in [7, 11) is 0. The van der Waals surface area contributed by atoms with Gasteiger partial charge in [-0.05, 0) is 24.3 Å². The maximum absolute atomic E-state index is 12.0. The lowest BCUT2D eigenvalue weighted by molar-refractivity contribution is -0.132. The van der Waals surface area contributed by atoms with Crippen LogP contribution in [0.2, 0.25) is 0 Å². The van der Waals surface area contributed by atoms with Gasteiger partial charge in [-0.3, -0.25) is 9.59 Å². The second-order valence-corrected chi connectivity index (χ2v) is 4.37. The second kappa shape index (κ2) is 8.58. The first-order valence-electron chi connectivity index (χ1n) is 6.57. The number of nitrogens with one attached hydrogen (secondary N) is 1. The van der Waals surface area contributed by atoms with E-state index in [1.54, 1.807) is 41.3 Å². The summed E-state index contributed by atoms with van der Waals surface area (Å²) in [6.45, 7) is 9.52. The maximum Gasteiger partial charge on any atom is 0.261 e. The summed E-state index contributed by atoms with van der Waals surface area (Å²) in [5, 5.41) is 2.66. The van der Waals surface area contributed by atoms with Crippen LogP contribution in [0.25, 0.3) is 0 Å². The van der Waals surface area contributed by atoms with Crippen LogP contribution in [-0.4, -0.2) is 36.4 Å². The average molecular weight is 288 g/mol. The van der Waals surface area contributed by atoms with Crippen molar-refractivity contribution in [1.29, 1.82) is 0 Å². The Bertz CT molecular complexity index is 499. The fourth-order valence-corrected chi connectivity index (χ4v) is 1.66. The molecule has 0 heterocycles. The summed E-state index contributed by atoms with van der Waals surface area (Å²) in [5.41, 5.74) is 0.682. The van der Waals surface area contributed by atoms with Crippen molar-refractivity contribution in [2.24, 2.45) is 0 Å². The summed E-state index contributed by atoms with van der Waals surface area (Å²) >= 11 is 0. The molecule has 0 unspecified atom stereocenters. The molecule has 0 saturated carbocycles. The Morgan fingerprint density at radius 2 is 1.76 bits per heavy atom. The number of nitrogens with zero attached hydrogens (tertiary/aromatic N) is 1. The van der Waals surface area contributed by atoms with Crippen LogP contribution < -0.4 is 10.1 Å². The van der Waals surface area contributed by atoms with Crippen molar-refractivity contribution >= 4 is 17.5 Å². The van der Waals surface area contributed by atoms with Gasteiger partial charge in [0.05, 0.1) is 0 Å². The van der Waals surface area contributed by atoms with E-state index in [1.807, 2.05) is 0 Å². The van der Waals surface area contributed by atoms with Gasteiger partial charge in [0.2, 0.25) is 5.91 Å². The Hall–Kier alpha value is -2.56. The zero-order valence-electron chi connectivity index (χ0n) is 12.2. The first kappa shape index (κ1) is 16.5. The smallest absolute Gasteiger partial charge is 0.261 e. The molecule has 1 aromatic carbocycles. The van der Waals surface area contributed by atoms with Gasteiger partial charge in [-0.25, -0.2) is 0 Å². The third kappa shape index (κ3) is 5.95. The van der Waals surface area contributed by atoms with Crippen LogP contribution in [0.15, 0.2) is 49.6 Å². The Kier molecular flexibility index (Phi) is 6.74. The van der Waals surface area contributed by atoms with E-state index in [9.17, 15) is 9.59 Å². The van der Waals surface area contributed by atoms with Crippen molar-refractivity contribution < 1.29 is 14.3 Å². The van der Waals surface area contributed by atoms with E-state index in [1.165, 1.54) is 6.92 Å². The molecule has 0 radical (unpaired) electrons. The van der Waals surface area contributed by atoms with Crippen LogP contribution in [0, 0.1) is 0 Å². The molecular weight excluding hydrogens is 268 g/mol. The lowest BCUT2D eigenvalue weighted by Gasteiger charge is -2.19. The molecule has 0 saturated heterocycles. The molecule has 5 heteroatoms. The van der Waals surface area contributed by atoms with E-state index < -0.39 is 0 Å². The number of carbonyl (C=O) groups excluding carboxylic acids is 2. The maximum atomic E-state index is 12.0. The fraction of sp³-hybridized carbons (Fsp3) is 0.250. The first-order chi connectivity index (χ1) is 10.1. The van der Waals surface area contributed by atoms with Gasteiger partial charge >= 0.3 is 0 Å². The molecular formula is C16H20N2O3. The lowest BCUT2D eigenvalue weighted by atomic mass is 10.3. The Balaban J connectivity index is 2.53. The topological polar surface area (TPSA) is 58.6 Å². The number of amides is 2. The van der Waals surface area contributed by atoms with Gasteiger partial charge in [-0.2, -0.15) is 0 Å². The molecule has 2 amide bonds. The van der Waals surface area contributed by atoms with Gasteiger partial charge in [0.15, 0.2) is 6.61 Å². The molecule has 1 aromatic rings. The second-order valence-electron chi connectivity index (χ2n) is 4.37. The number of rotatable bonds is 8. The van der Waals surface area contributed by atoms with Crippen molar-refractivity contribution in [3.63, 3.8) is 0 Å². The zero-order valence-corrected chi connectivity index (χ0v) is 12.2. The van der Waals surface area contributed by atoms with Gasteiger partial charge in [0.25, 0.3) is 5.91 Å². The highest BCUT2D eigenvalue weighted by Gasteiger charge is 2.11. The number of benzene rings is 1. The molecule has 0 aliphatic carbocycles. The molecule has 0 aliphatic rings. The van der Waals surface area contributed by atoms with Crippen LogP contribution in [0.4, 0.5) is 5.69 Å². The molecule has 0 spiro atoms. The van der Waals surface area contributed by atoms with Gasteiger partial charge in [-0.15, -0.1) is 13.2 Å². The Labute approximate surface area is 124 Å². The van der Waals surface area contributed by atoms with E-state index in [0.717, 1.165) is 0 Å². The molecule has 21 heavy (non-hydrogen) atoms. The zero-order chi connectivity index (χ0) is 15.7. The average Bonchev–Trinajstić information content (AvgIpc) is 2.45. The predicted octanol–water partition coefficient (Wildman–Crippen LogP) is 2.22. The largest absolute Gasteiger partial charge is 0.484 e. The van der Waals surface area contributed by atoms with Crippen molar-refractivity contribution in [1.82, 2.24) is 4.90 Å².